The Balaban J connectivity index is 2.32. The molecule has 1 atom stereocenters. The molecule has 0 aromatic carbocycles. The van der Waals surface area contributed by atoms with Crippen molar-refractivity contribution in [3.05, 3.63) is 11.8 Å². The number of ether oxygens (including phenoxy) is 1. The smallest absolute Gasteiger partial charge is 0.342 e. The van der Waals surface area contributed by atoms with Crippen LogP contribution in [-0.4, -0.2) is 33.5 Å². The van der Waals surface area contributed by atoms with Crippen molar-refractivity contribution >= 4 is 5.97 Å². The third kappa shape index (κ3) is 1.15. The van der Waals surface area contributed by atoms with E-state index in [9.17, 15) is 4.79 Å². The molecule has 0 radical (unpaired) electrons. The molecule has 13 heavy (non-hydrogen) atoms. The lowest BCUT2D eigenvalue weighted by Crippen LogP contribution is -2.25. The van der Waals surface area contributed by atoms with Gasteiger partial charge in [-0.15, -0.1) is 0 Å². The number of carboxylic acid groups (broad SMARTS) is 1. The first-order chi connectivity index (χ1) is 6.22. The van der Waals surface area contributed by atoms with Crippen molar-refractivity contribution < 1.29 is 14.6 Å². The summed E-state index contributed by atoms with van der Waals surface area (Å²) in [4.78, 5) is 10.7. The summed E-state index contributed by atoms with van der Waals surface area (Å²) in [6, 6.07) is 0. The Morgan fingerprint density at radius 2 is 2.69 bits per heavy atom. The second-order valence-corrected chi connectivity index (χ2v) is 2.83. The maximum atomic E-state index is 10.7. The van der Waals surface area contributed by atoms with Crippen LogP contribution in [-0.2, 0) is 6.54 Å². The monoisotopic (exact) mass is 183 g/mol. The van der Waals surface area contributed by atoms with Crippen molar-refractivity contribution in [1.82, 2.24) is 9.78 Å². The second-order valence-electron chi connectivity index (χ2n) is 2.83. The first-order valence-electron chi connectivity index (χ1n) is 3.88. The Kier molecular flexibility index (Phi) is 1.70. The van der Waals surface area contributed by atoms with Gasteiger partial charge in [0.1, 0.15) is 11.7 Å². The molecule has 70 valence electrons. The van der Waals surface area contributed by atoms with Crippen LogP contribution in [0.5, 0.6) is 5.88 Å². The standard InChI is InChI=1S/C7H9N3O3/c8-1-4-3-10-6(13-4)5(2-9-10)7(11)12/h2,4H,1,3,8H2,(H,11,12). The van der Waals surface area contributed by atoms with E-state index >= 15 is 0 Å². The van der Waals surface area contributed by atoms with Crippen LogP contribution in [0.2, 0.25) is 0 Å². The summed E-state index contributed by atoms with van der Waals surface area (Å²) in [5, 5.41) is 12.6. The number of hydrogen-bond donors (Lipinski definition) is 2. The van der Waals surface area contributed by atoms with Crippen LogP contribution in [0, 0.1) is 0 Å². The lowest BCUT2D eigenvalue weighted by molar-refractivity contribution is 0.0691. The second kappa shape index (κ2) is 2.74. The summed E-state index contributed by atoms with van der Waals surface area (Å²) in [6.45, 7) is 0.890. The van der Waals surface area contributed by atoms with Crippen LogP contribution in [0.4, 0.5) is 0 Å². The molecular weight excluding hydrogens is 174 g/mol. The van der Waals surface area contributed by atoms with Crippen LogP contribution >= 0.6 is 0 Å². The van der Waals surface area contributed by atoms with Crippen LogP contribution in [0.15, 0.2) is 6.20 Å². The number of nitrogens with zero attached hydrogens (tertiary/aromatic N) is 2. The van der Waals surface area contributed by atoms with Gasteiger partial charge in [-0.1, -0.05) is 0 Å². The molecule has 1 unspecified atom stereocenters. The number of aromatic nitrogens is 2. The predicted octanol–water partition coefficient (Wildman–Crippen LogP) is -0.699. The number of carbonyl (C=O) groups is 1. The SMILES string of the molecule is NCC1Cn2ncc(C(=O)O)c2O1. The van der Waals surface area contributed by atoms with Gasteiger partial charge in [0, 0.05) is 6.54 Å². The van der Waals surface area contributed by atoms with Gasteiger partial charge in [-0.2, -0.15) is 5.10 Å². The highest BCUT2D eigenvalue weighted by molar-refractivity contribution is 5.90. The summed E-state index contributed by atoms with van der Waals surface area (Å²) in [5.74, 6) is -0.720. The van der Waals surface area contributed by atoms with Crippen molar-refractivity contribution in [2.24, 2.45) is 5.73 Å². The summed E-state index contributed by atoms with van der Waals surface area (Å²) < 4.78 is 6.80. The minimum Gasteiger partial charge on any atom is -0.477 e. The molecule has 1 aliphatic heterocycles. The van der Waals surface area contributed by atoms with E-state index < -0.39 is 5.97 Å². The van der Waals surface area contributed by atoms with E-state index in [1.807, 2.05) is 0 Å². The lowest BCUT2D eigenvalue weighted by Gasteiger charge is -2.04. The van der Waals surface area contributed by atoms with Gasteiger partial charge in [-0.05, 0) is 0 Å². The Hall–Kier alpha value is -1.56. The highest BCUT2D eigenvalue weighted by atomic mass is 16.5. The average molecular weight is 183 g/mol. The molecule has 2 heterocycles. The quantitative estimate of drug-likeness (QED) is 0.632. The zero-order chi connectivity index (χ0) is 9.42. The first kappa shape index (κ1) is 8.06. The summed E-state index contributed by atoms with van der Waals surface area (Å²) in [7, 11) is 0. The van der Waals surface area contributed by atoms with Gasteiger partial charge in [-0.3, -0.25) is 0 Å². The topological polar surface area (TPSA) is 90.4 Å². The maximum Gasteiger partial charge on any atom is 0.342 e. The van der Waals surface area contributed by atoms with Gasteiger partial charge < -0.3 is 15.6 Å². The number of carboxylic acids is 1. The molecule has 6 nitrogen and oxygen atoms in total. The van der Waals surface area contributed by atoms with E-state index in [-0.39, 0.29) is 11.7 Å². The van der Waals surface area contributed by atoms with Crippen LogP contribution < -0.4 is 10.5 Å². The highest BCUT2D eigenvalue weighted by Crippen LogP contribution is 2.25. The van der Waals surface area contributed by atoms with E-state index in [2.05, 4.69) is 5.10 Å². The van der Waals surface area contributed by atoms with Crippen molar-refractivity contribution in [3.63, 3.8) is 0 Å². The first-order valence-corrected chi connectivity index (χ1v) is 3.88. The van der Waals surface area contributed by atoms with Gasteiger partial charge in [0.05, 0.1) is 12.7 Å². The Labute approximate surface area is 73.9 Å². The van der Waals surface area contributed by atoms with Gasteiger partial charge in [0.25, 0.3) is 0 Å². The van der Waals surface area contributed by atoms with Crippen molar-refractivity contribution in [2.75, 3.05) is 6.54 Å². The number of fused-ring (bicyclic) bond motifs is 1. The minimum absolute atomic E-state index is 0.0935. The molecule has 0 saturated carbocycles. The van der Waals surface area contributed by atoms with Crippen LogP contribution in [0.25, 0.3) is 0 Å². The Morgan fingerprint density at radius 3 is 3.31 bits per heavy atom. The van der Waals surface area contributed by atoms with Gasteiger partial charge >= 0.3 is 5.97 Å². The van der Waals surface area contributed by atoms with E-state index in [0.29, 0.717) is 19.0 Å². The molecule has 0 amide bonds. The zero-order valence-corrected chi connectivity index (χ0v) is 6.80. The molecule has 0 aliphatic carbocycles. The molecule has 1 aromatic rings. The van der Waals surface area contributed by atoms with Crippen molar-refractivity contribution in [2.45, 2.75) is 12.6 Å². The number of aromatic carboxylic acids is 1. The van der Waals surface area contributed by atoms with Crippen molar-refractivity contribution in [3.8, 4) is 5.88 Å². The summed E-state index contributed by atoms with van der Waals surface area (Å²) in [6.07, 6.45) is 1.13. The molecule has 1 aliphatic rings. The van der Waals surface area contributed by atoms with Crippen LogP contribution in [0.1, 0.15) is 10.4 Å². The third-order valence-corrected chi connectivity index (χ3v) is 1.94. The Bertz CT molecular complexity index is 347. The molecule has 1 aromatic heterocycles. The van der Waals surface area contributed by atoms with E-state index in [4.69, 9.17) is 15.6 Å². The van der Waals surface area contributed by atoms with E-state index in [0.717, 1.165) is 0 Å². The average Bonchev–Trinajstić information content (AvgIpc) is 2.59. The molecular formula is C7H9N3O3. The molecule has 0 bridgehead atoms. The number of nitrogens with two attached hydrogens (primary N) is 1. The normalized spacial score (nSPS) is 19.6. The maximum absolute atomic E-state index is 10.7. The molecule has 0 spiro atoms. The molecule has 0 fully saturated rings. The third-order valence-electron chi connectivity index (χ3n) is 1.94. The fraction of sp³-hybridized carbons (Fsp3) is 0.429. The van der Waals surface area contributed by atoms with Crippen molar-refractivity contribution in [1.29, 1.82) is 0 Å². The summed E-state index contributed by atoms with van der Waals surface area (Å²) >= 11 is 0. The Morgan fingerprint density at radius 1 is 1.92 bits per heavy atom. The van der Waals surface area contributed by atoms with Crippen LogP contribution in [0.3, 0.4) is 0 Å². The largest absolute Gasteiger partial charge is 0.477 e. The zero-order valence-electron chi connectivity index (χ0n) is 6.80. The van der Waals surface area contributed by atoms with E-state index in [1.165, 1.54) is 10.9 Å². The molecule has 2 rings (SSSR count). The van der Waals surface area contributed by atoms with Gasteiger partial charge in [-0.25, -0.2) is 9.48 Å². The minimum atomic E-state index is -1.03. The van der Waals surface area contributed by atoms with Gasteiger partial charge in [0.15, 0.2) is 0 Å². The molecule has 3 N–H and O–H groups in total. The number of hydrogen-bond acceptors (Lipinski definition) is 4. The number of rotatable bonds is 2. The fourth-order valence-corrected chi connectivity index (χ4v) is 1.29. The molecule has 0 saturated heterocycles. The predicted molar refractivity (Wildman–Crippen MR) is 42.7 cm³/mol. The molecule has 6 heteroatoms. The highest BCUT2D eigenvalue weighted by Gasteiger charge is 2.28. The fourth-order valence-electron chi connectivity index (χ4n) is 1.29. The van der Waals surface area contributed by atoms with E-state index in [1.54, 1.807) is 0 Å². The van der Waals surface area contributed by atoms with Gasteiger partial charge in [0.2, 0.25) is 5.88 Å². The summed E-state index contributed by atoms with van der Waals surface area (Å²) in [5.41, 5.74) is 5.48. The lowest BCUT2D eigenvalue weighted by atomic mass is 10.3.